The van der Waals surface area contributed by atoms with Gasteiger partial charge in [-0.2, -0.15) is 0 Å². The molecule has 0 bridgehead atoms. The van der Waals surface area contributed by atoms with E-state index in [1.54, 1.807) is 18.5 Å². The highest BCUT2D eigenvalue weighted by atomic mass is 16.1. The number of hydrogen-bond donors (Lipinski definition) is 2. The Hall–Kier alpha value is -3.73. The van der Waals surface area contributed by atoms with Crippen LogP contribution < -0.4 is 10.6 Å². The van der Waals surface area contributed by atoms with E-state index >= 15 is 0 Å². The second-order valence-electron chi connectivity index (χ2n) is 6.78. The number of benzene rings is 2. The second kappa shape index (κ2) is 8.97. The van der Waals surface area contributed by atoms with E-state index in [1.807, 2.05) is 42.5 Å². The first kappa shape index (κ1) is 18.6. The van der Waals surface area contributed by atoms with Crippen molar-refractivity contribution in [3.63, 3.8) is 0 Å². The predicted octanol–water partition coefficient (Wildman–Crippen LogP) is 4.93. The van der Waals surface area contributed by atoms with Gasteiger partial charge in [0.2, 0.25) is 0 Å². The zero-order chi connectivity index (χ0) is 19.9. The van der Waals surface area contributed by atoms with Gasteiger partial charge >= 0.3 is 0 Å². The van der Waals surface area contributed by atoms with Crippen LogP contribution in [0.2, 0.25) is 0 Å². The lowest BCUT2D eigenvalue weighted by Crippen LogP contribution is -2.14. The molecule has 1 amide bonds. The number of carbonyl (C=O) groups excluding carboxylic acids is 1. The number of hydrogen-bond acceptors (Lipinski definition) is 4. The summed E-state index contributed by atoms with van der Waals surface area (Å²) in [4.78, 5) is 21.3. The summed E-state index contributed by atoms with van der Waals surface area (Å²) < 4.78 is 0. The molecule has 2 aromatic heterocycles. The Bertz CT molecular complexity index is 1110. The van der Waals surface area contributed by atoms with Gasteiger partial charge in [0, 0.05) is 30.0 Å². The molecule has 2 aromatic carbocycles. The standard InChI is InChI=1S/C24H22N4O/c29-24(28-21-12-4-10-19-11-6-15-27-23(19)21)22-17-20(13-16-26-22)25-14-5-9-18-7-2-1-3-8-18/h1-4,6-8,10-13,15-17H,5,9,14H2,(H,25,26)(H,28,29). The van der Waals surface area contributed by atoms with Crippen LogP contribution in [0.15, 0.2) is 85.2 Å². The third-order valence-electron chi connectivity index (χ3n) is 4.69. The van der Waals surface area contributed by atoms with Gasteiger partial charge in [-0.15, -0.1) is 0 Å². The van der Waals surface area contributed by atoms with Crippen molar-refractivity contribution in [3.05, 3.63) is 96.4 Å². The first-order valence-electron chi connectivity index (χ1n) is 9.68. The van der Waals surface area contributed by atoms with E-state index < -0.39 is 0 Å². The van der Waals surface area contributed by atoms with E-state index in [9.17, 15) is 4.79 Å². The largest absolute Gasteiger partial charge is 0.385 e. The molecule has 0 saturated heterocycles. The van der Waals surface area contributed by atoms with Crippen molar-refractivity contribution in [2.75, 3.05) is 17.2 Å². The average Bonchev–Trinajstić information content (AvgIpc) is 2.78. The molecule has 0 saturated carbocycles. The number of amides is 1. The molecule has 4 aromatic rings. The fourth-order valence-corrected chi connectivity index (χ4v) is 3.23. The molecule has 0 spiro atoms. The number of aromatic nitrogens is 2. The quantitative estimate of drug-likeness (QED) is 0.445. The van der Waals surface area contributed by atoms with Gasteiger partial charge in [0.05, 0.1) is 11.2 Å². The molecule has 4 rings (SSSR count). The number of carbonyl (C=O) groups is 1. The summed E-state index contributed by atoms with van der Waals surface area (Å²) in [7, 11) is 0. The molecule has 0 atom stereocenters. The summed E-state index contributed by atoms with van der Waals surface area (Å²) >= 11 is 0. The van der Waals surface area contributed by atoms with Crippen LogP contribution in [0.3, 0.4) is 0 Å². The van der Waals surface area contributed by atoms with Gasteiger partial charge in [0.25, 0.3) is 5.91 Å². The lowest BCUT2D eigenvalue weighted by atomic mass is 10.1. The van der Waals surface area contributed by atoms with Crippen LogP contribution in [-0.2, 0) is 6.42 Å². The van der Waals surface area contributed by atoms with Gasteiger partial charge < -0.3 is 10.6 Å². The lowest BCUT2D eigenvalue weighted by molar-refractivity contribution is 0.102. The molecular weight excluding hydrogens is 360 g/mol. The summed E-state index contributed by atoms with van der Waals surface area (Å²) in [5, 5.41) is 7.28. The van der Waals surface area contributed by atoms with Crippen molar-refractivity contribution in [1.29, 1.82) is 0 Å². The number of pyridine rings is 2. The van der Waals surface area contributed by atoms with Crippen molar-refractivity contribution in [1.82, 2.24) is 9.97 Å². The van der Waals surface area contributed by atoms with Crippen molar-refractivity contribution < 1.29 is 4.79 Å². The van der Waals surface area contributed by atoms with E-state index in [-0.39, 0.29) is 5.91 Å². The summed E-state index contributed by atoms with van der Waals surface area (Å²) in [5.74, 6) is -0.254. The summed E-state index contributed by atoms with van der Waals surface area (Å²) in [6.07, 6.45) is 5.39. The van der Waals surface area contributed by atoms with Gasteiger partial charge in [-0.05, 0) is 42.7 Å². The Balaban J connectivity index is 1.38. The molecule has 0 aliphatic rings. The molecule has 5 heteroatoms. The topological polar surface area (TPSA) is 66.9 Å². The molecule has 0 aliphatic carbocycles. The van der Waals surface area contributed by atoms with E-state index in [0.717, 1.165) is 36.0 Å². The van der Waals surface area contributed by atoms with Crippen LogP contribution in [0.1, 0.15) is 22.5 Å². The van der Waals surface area contributed by atoms with E-state index in [2.05, 4.69) is 44.9 Å². The Labute approximate surface area is 169 Å². The lowest BCUT2D eigenvalue weighted by Gasteiger charge is -2.10. The number of aryl methyl sites for hydroxylation is 1. The molecule has 0 fully saturated rings. The number of para-hydroxylation sites is 1. The van der Waals surface area contributed by atoms with Crippen molar-refractivity contribution in [2.45, 2.75) is 12.8 Å². The molecule has 2 heterocycles. The van der Waals surface area contributed by atoms with Crippen molar-refractivity contribution >= 4 is 28.2 Å². The van der Waals surface area contributed by atoms with Crippen LogP contribution in [-0.4, -0.2) is 22.4 Å². The number of fused-ring (bicyclic) bond motifs is 1. The first-order valence-corrected chi connectivity index (χ1v) is 9.68. The highest BCUT2D eigenvalue weighted by molar-refractivity contribution is 6.07. The fraction of sp³-hybridized carbons (Fsp3) is 0.125. The minimum atomic E-state index is -0.254. The highest BCUT2D eigenvalue weighted by Gasteiger charge is 2.11. The normalized spacial score (nSPS) is 10.6. The second-order valence-corrected chi connectivity index (χ2v) is 6.78. The van der Waals surface area contributed by atoms with Gasteiger partial charge in [-0.1, -0.05) is 48.5 Å². The summed E-state index contributed by atoms with van der Waals surface area (Å²) in [6, 6.07) is 23.6. The Kier molecular flexibility index (Phi) is 5.76. The minimum absolute atomic E-state index is 0.254. The minimum Gasteiger partial charge on any atom is -0.385 e. The first-order chi connectivity index (χ1) is 14.3. The van der Waals surface area contributed by atoms with Crippen molar-refractivity contribution in [3.8, 4) is 0 Å². The predicted molar refractivity (Wildman–Crippen MR) is 117 cm³/mol. The summed E-state index contributed by atoms with van der Waals surface area (Å²) in [6.45, 7) is 0.827. The monoisotopic (exact) mass is 382 g/mol. The zero-order valence-electron chi connectivity index (χ0n) is 16.0. The number of rotatable bonds is 7. The Morgan fingerprint density at radius 2 is 1.72 bits per heavy atom. The molecule has 29 heavy (non-hydrogen) atoms. The molecule has 0 unspecified atom stereocenters. The van der Waals surface area contributed by atoms with Crippen molar-refractivity contribution in [2.24, 2.45) is 0 Å². The summed E-state index contributed by atoms with van der Waals surface area (Å²) in [5.41, 5.74) is 4.02. The van der Waals surface area contributed by atoms with Crippen LogP contribution >= 0.6 is 0 Å². The molecule has 2 N–H and O–H groups in total. The third kappa shape index (κ3) is 4.76. The Morgan fingerprint density at radius 1 is 0.862 bits per heavy atom. The molecule has 0 radical (unpaired) electrons. The van der Waals surface area contributed by atoms with Crippen LogP contribution in [0, 0.1) is 0 Å². The van der Waals surface area contributed by atoms with Gasteiger partial charge in [0.15, 0.2) is 0 Å². The van der Waals surface area contributed by atoms with Gasteiger partial charge in [-0.25, -0.2) is 0 Å². The third-order valence-corrected chi connectivity index (χ3v) is 4.69. The Morgan fingerprint density at radius 3 is 2.62 bits per heavy atom. The number of anilines is 2. The van der Waals surface area contributed by atoms with E-state index in [4.69, 9.17) is 0 Å². The SMILES string of the molecule is O=C(Nc1cccc2cccnc12)c1cc(NCCCc2ccccc2)ccn1. The zero-order valence-corrected chi connectivity index (χ0v) is 16.0. The van der Waals surface area contributed by atoms with Crippen LogP contribution in [0.25, 0.3) is 10.9 Å². The maximum Gasteiger partial charge on any atom is 0.274 e. The van der Waals surface area contributed by atoms with E-state index in [0.29, 0.717) is 11.4 Å². The van der Waals surface area contributed by atoms with E-state index in [1.165, 1.54) is 5.56 Å². The molecule has 144 valence electrons. The molecule has 5 nitrogen and oxygen atoms in total. The average molecular weight is 382 g/mol. The number of nitrogens with one attached hydrogen (secondary N) is 2. The van der Waals surface area contributed by atoms with Crippen LogP contribution in [0.4, 0.5) is 11.4 Å². The number of nitrogens with zero attached hydrogens (tertiary/aromatic N) is 2. The fourth-order valence-electron chi connectivity index (χ4n) is 3.23. The van der Waals surface area contributed by atoms with Gasteiger partial charge in [0.1, 0.15) is 5.69 Å². The highest BCUT2D eigenvalue weighted by Crippen LogP contribution is 2.21. The molecular formula is C24H22N4O. The van der Waals surface area contributed by atoms with Crippen LogP contribution in [0.5, 0.6) is 0 Å². The maximum atomic E-state index is 12.7. The smallest absolute Gasteiger partial charge is 0.274 e. The maximum absolute atomic E-state index is 12.7. The van der Waals surface area contributed by atoms with Gasteiger partial charge in [-0.3, -0.25) is 14.8 Å². The molecule has 0 aliphatic heterocycles.